The molecule has 0 saturated heterocycles. The van der Waals surface area contributed by atoms with Gasteiger partial charge in [0.15, 0.2) is 0 Å². The van der Waals surface area contributed by atoms with Crippen LogP contribution in [-0.2, 0) is 6.54 Å². The van der Waals surface area contributed by atoms with Crippen LogP contribution in [0.2, 0.25) is 0 Å². The highest BCUT2D eigenvalue weighted by molar-refractivity contribution is 9.10. The number of nitrogens with one attached hydrogen (secondary N) is 1. The molecule has 1 aromatic carbocycles. The molecule has 0 aliphatic heterocycles. The maximum Gasteiger partial charge on any atom is 0.0545 e. The van der Waals surface area contributed by atoms with Crippen molar-refractivity contribution in [2.24, 2.45) is 0 Å². The van der Waals surface area contributed by atoms with Crippen LogP contribution in [0, 0.1) is 6.92 Å². The van der Waals surface area contributed by atoms with Crippen LogP contribution in [-0.4, -0.2) is 4.98 Å². The summed E-state index contributed by atoms with van der Waals surface area (Å²) in [4.78, 5) is 4.52. The zero-order valence-electron chi connectivity index (χ0n) is 11.4. The predicted octanol–water partition coefficient (Wildman–Crippen LogP) is 4.39. The minimum atomic E-state index is 0.361. The summed E-state index contributed by atoms with van der Waals surface area (Å²) in [5, 5.41) is 3.57. The normalized spacial score (nSPS) is 12.4. The van der Waals surface area contributed by atoms with Crippen molar-refractivity contribution >= 4 is 15.9 Å². The lowest BCUT2D eigenvalue weighted by Crippen LogP contribution is -2.20. The molecule has 0 saturated carbocycles. The van der Waals surface area contributed by atoms with Crippen molar-refractivity contribution in [3.05, 3.63) is 63.9 Å². The third kappa shape index (κ3) is 4.15. The molecule has 0 amide bonds. The van der Waals surface area contributed by atoms with Gasteiger partial charge in [0.05, 0.1) is 5.69 Å². The number of nitrogens with zero attached hydrogens (tertiary/aromatic N) is 1. The van der Waals surface area contributed by atoms with Crippen molar-refractivity contribution in [3.63, 3.8) is 0 Å². The van der Waals surface area contributed by atoms with Gasteiger partial charge in [-0.2, -0.15) is 0 Å². The number of hydrogen-bond donors (Lipinski definition) is 1. The maximum atomic E-state index is 4.52. The molecule has 0 aliphatic carbocycles. The van der Waals surface area contributed by atoms with Crippen LogP contribution in [0.1, 0.15) is 36.3 Å². The molecule has 1 heterocycles. The molecule has 2 nitrogen and oxygen atoms in total. The van der Waals surface area contributed by atoms with Crippen LogP contribution in [0.5, 0.6) is 0 Å². The zero-order valence-corrected chi connectivity index (χ0v) is 12.9. The smallest absolute Gasteiger partial charge is 0.0545 e. The van der Waals surface area contributed by atoms with E-state index in [9.17, 15) is 0 Å². The number of benzene rings is 1. The lowest BCUT2D eigenvalue weighted by Gasteiger charge is -2.17. The van der Waals surface area contributed by atoms with Gasteiger partial charge >= 0.3 is 0 Å². The molecular weight excluding hydrogens is 300 g/mol. The van der Waals surface area contributed by atoms with Crippen LogP contribution in [0.15, 0.2) is 46.9 Å². The van der Waals surface area contributed by atoms with Crippen LogP contribution < -0.4 is 5.32 Å². The quantitative estimate of drug-likeness (QED) is 0.884. The van der Waals surface area contributed by atoms with E-state index < -0.39 is 0 Å². The van der Waals surface area contributed by atoms with Crippen molar-refractivity contribution < 1.29 is 0 Å². The summed E-state index contributed by atoms with van der Waals surface area (Å²) >= 11 is 3.53. The monoisotopic (exact) mass is 318 g/mol. The number of halogens is 1. The second-order valence-corrected chi connectivity index (χ2v) is 5.58. The molecule has 1 unspecified atom stereocenters. The summed E-state index contributed by atoms with van der Waals surface area (Å²) in [5.74, 6) is 0. The van der Waals surface area contributed by atoms with Crippen molar-refractivity contribution in [2.75, 3.05) is 0 Å². The molecule has 19 heavy (non-hydrogen) atoms. The van der Waals surface area contributed by atoms with Crippen LogP contribution in [0.3, 0.4) is 0 Å². The Hall–Kier alpha value is -1.19. The summed E-state index contributed by atoms with van der Waals surface area (Å²) in [5.41, 5.74) is 3.47. The van der Waals surface area contributed by atoms with Gasteiger partial charge in [0.25, 0.3) is 0 Å². The van der Waals surface area contributed by atoms with E-state index in [-0.39, 0.29) is 0 Å². The van der Waals surface area contributed by atoms with Gasteiger partial charge in [0, 0.05) is 22.8 Å². The Bertz CT molecular complexity index is 540. The lowest BCUT2D eigenvalue weighted by molar-refractivity contribution is 0.514. The van der Waals surface area contributed by atoms with Gasteiger partial charge in [0.2, 0.25) is 0 Å². The van der Waals surface area contributed by atoms with Gasteiger partial charge in [-0.3, -0.25) is 4.98 Å². The molecule has 0 aliphatic rings. The Morgan fingerprint density at radius 1 is 1.21 bits per heavy atom. The summed E-state index contributed by atoms with van der Waals surface area (Å²) in [7, 11) is 0. The van der Waals surface area contributed by atoms with E-state index in [1.54, 1.807) is 0 Å². The van der Waals surface area contributed by atoms with E-state index in [2.05, 4.69) is 69.6 Å². The number of hydrogen-bond acceptors (Lipinski definition) is 2. The SMILES string of the molecule is CCC(NCc1cccc(C)n1)c1cccc(Br)c1. The first-order valence-corrected chi connectivity index (χ1v) is 7.39. The lowest BCUT2D eigenvalue weighted by atomic mass is 10.0. The fraction of sp³-hybridized carbons (Fsp3) is 0.312. The van der Waals surface area contributed by atoms with Crippen LogP contribution in [0.25, 0.3) is 0 Å². The Morgan fingerprint density at radius 2 is 2.00 bits per heavy atom. The second-order valence-electron chi connectivity index (χ2n) is 4.67. The van der Waals surface area contributed by atoms with Gasteiger partial charge in [-0.15, -0.1) is 0 Å². The summed E-state index contributed by atoms with van der Waals surface area (Å²) in [6.45, 7) is 5.02. The van der Waals surface area contributed by atoms with E-state index in [0.717, 1.165) is 28.8 Å². The van der Waals surface area contributed by atoms with Gasteiger partial charge in [-0.25, -0.2) is 0 Å². The minimum absolute atomic E-state index is 0.361. The van der Waals surface area contributed by atoms with Gasteiger partial charge < -0.3 is 5.32 Å². The average Bonchev–Trinajstić information content (AvgIpc) is 2.40. The first-order valence-electron chi connectivity index (χ1n) is 6.60. The van der Waals surface area contributed by atoms with E-state index in [4.69, 9.17) is 0 Å². The van der Waals surface area contributed by atoms with Crippen molar-refractivity contribution in [3.8, 4) is 0 Å². The highest BCUT2D eigenvalue weighted by atomic mass is 79.9. The Labute approximate surface area is 123 Å². The summed E-state index contributed by atoms with van der Waals surface area (Å²) < 4.78 is 1.12. The Morgan fingerprint density at radius 3 is 2.68 bits per heavy atom. The van der Waals surface area contributed by atoms with Gasteiger partial charge in [-0.1, -0.05) is 41.1 Å². The molecule has 0 spiro atoms. The molecule has 0 fully saturated rings. The molecule has 2 rings (SSSR count). The number of pyridine rings is 1. The zero-order chi connectivity index (χ0) is 13.7. The second kappa shape index (κ2) is 6.83. The maximum absolute atomic E-state index is 4.52. The molecule has 100 valence electrons. The molecule has 2 aromatic rings. The molecule has 1 aromatic heterocycles. The first-order chi connectivity index (χ1) is 9.19. The van der Waals surface area contributed by atoms with Crippen molar-refractivity contribution in [1.82, 2.24) is 10.3 Å². The van der Waals surface area contributed by atoms with E-state index in [1.165, 1.54) is 5.56 Å². The molecular formula is C16H19BrN2. The van der Waals surface area contributed by atoms with Gasteiger partial charge in [-0.05, 0) is 43.2 Å². The average molecular weight is 319 g/mol. The van der Waals surface area contributed by atoms with Crippen molar-refractivity contribution in [2.45, 2.75) is 32.9 Å². The molecule has 1 N–H and O–H groups in total. The Kier molecular flexibility index (Phi) is 5.11. The van der Waals surface area contributed by atoms with Gasteiger partial charge in [0.1, 0.15) is 0 Å². The first kappa shape index (κ1) is 14.2. The summed E-state index contributed by atoms with van der Waals surface area (Å²) in [6, 6.07) is 15.0. The predicted molar refractivity (Wildman–Crippen MR) is 83.0 cm³/mol. The Balaban J connectivity index is 2.04. The summed E-state index contributed by atoms with van der Waals surface area (Å²) in [6.07, 6.45) is 1.06. The molecule has 0 bridgehead atoms. The fourth-order valence-electron chi connectivity index (χ4n) is 2.15. The van der Waals surface area contributed by atoms with E-state index >= 15 is 0 Å². The van der Waals surface area contributed by atoms with E-state index in [0.29, 0.717) is 6.04 Å². The topological polar surface area (TPSA) is 24.9 Å². The van der Waals surface area contributed by atoms with Crippen molar-refractivity contribution in [1.29, 1.82) is 0 Å². The van der Waals surface area contributed by atoms with Crippen LogP contribution >= 0.6 is 15.9 Å². The largest absolute Gasteiger partial charge is 0.304 e. The highest BCUT2D eigenvalue weighted by Crippen LogP contribution is 2.20. The number of aryl methyl sites for hydroxylation is 1. The third-order valence-corrected chi connectivity index (χ3v) is 3.63. The molecule has 1 atom stereocenters. The fourth-order valence-corrected chi connectivity index (χ4v) is 2.56. The molecule has 3 heteroatoms. The standard InChI is InChI=1S/C16H19BrN2/c1-3-16(13-7-5-8-14(17)10-13)18-11-15-9-4-6-12(2)19-15/h4-10,16,18H,3,11H2,1-2H3. The number of aromatic nitrogens is 1. The molecule has 0 radical (unpaired) electrons. The number of rotatable bonds is 5. The van der Waals surface area contributed by atoms with E-state index in [1.807, 2.05) is 13.0 Å². The highest BCUT2D eigenvalue weighted by Gasteiger charge is 2.09. The van der Waals surface area contributed by atoms with Crippen LogP contribution in [0.4, 0.5) is 0 Å². The minimum Gasteiger partial charge on any atom is -0.304 e. The third-order valence-electron chi connectivity index (χ3n) is 3.13.